The number of amides is 1. The van der Waals surface area contributed by atoms with E-state index in [0.717, 1.165) is 16.7 Å². The molecule has 0 aliphatic heterocycles. The summed E-state index contributed by atoms with van der Waals surface area (Å²) >= 11 is 0. The molecule has 1 amide bonds. The summed E-state index contributed by atoms with van der Waals surface area (Å²) in [6.07, 6.45) is -0.292. The first-order chi connectivity index (χ1) is 15.2. The molecule has 0 radical (unpaired) electrons. The van der Waals surface area contributed by atoms with E-state index in [4.69, 9.17) is 9.47 Å². The molecule has 0 aromatic heterocycles. The predicted molar refractivity (Wildman–Crippen MR) is 119 cm³/mol. The van der Waals surface area contributed by atoms with Crippen molar-refractivity contribution < 1.29 is 19.1 Å². The maximum atomic E-state index is 12.6. The lowest BCUT2D eigenvalue weighted by molar-refractivity contribution is -0.145. The van der Waals surface area contributed by atoms with Gasteiger partial charge in [-0.05, 0) is 34.7 Å². The van der Waals surface area contributed by atoms with Crippen LogP contribution in [-0.2, 0) is 20.7 Å². The van der Waals surface area contributed by atoms with Gasteiger partial charge in [0.2, 0.25) is 0 Å². The minimum Gasteiger partial charge on any atom is -0.464 e. The number of rotatable bonds is 7. The zero-order chi connectivity index (χ0) is 21.6. The number of carbonyl (C=O) groups excluding carboxylic acids is 2. The van der Waals surface area contributed by atoms with Crippen molar-refractivity contribution >= 4 is 12.1 Å². The van der Waals surface area contributed by atoms with Crippen LogP contribution < -0.4 is 5.32 Å². The van der Waals surface area contributed by atoms with Crippen molar-refractivity contribution in [1.29, 1.82) is 0 Å². The lowest BCUT2D eigenvalue weighted by atomic mass is 9.98. The predicted octanol–water partition coefficient (Wildman–Crippen LogP) is 4.70. The fourth-order valence-electron chi connectivity index (χ4n) is 4.07. The Labute approximate surface area is 182 Å². The van der Waals surface area contributed by atoms with E-state index in [1.165, 1.54) is 11.1 Å². The molecule has 1 unspecified atom stereocenters. The summed E-state index contributed by atoms with van der Waals surface area (Å²) in [6.45, 7) is 2.18. The Kier molecular flexibility index (Phi) is 6.32. The molecule has 158 valence electrons. The van der Waals surface area contributed by atoms with Crippen LogP contribution in [-0.4, -0.2) is 31.3 Å². The Morgan fingerprint density at radius 1 is 0.839 bits per heavy atom. The van der Waals surface area contributed by atoms with Crippen LogP contribution in [0.2, 0.25) is 0 Å². The smallest absolute Gasteiger partial charge is 0.407 e. The summed E-state index contributed by atoms with van der Waals surface area (Å²) in [5.74, 6) is -0.506. The molecule has 0 spiro atoms. The number of hydrogen-bond acceptors (Lipinski definition) is 4. The van der Waals surface area contributed by atoms with Gasteiger partial charge in [-0.15, -0.1) is 0 Å². The van der Waals surface area contributed by atoms with Gasteiger partial charge in [0, 0.05) is 12.3 Å². The molecule has 5 nitrogen and oxygen atoms in total. The van der Waals surface area contributed by atoms with Crippen LogP contribution in [0.5, 0.6) is 0 Å². The molecule has 31 heavy (non-hydrogen) atoms. The molecule has 0 saturated carbocycles. The number of benzene rings is 3. The molecule has 4 rings (SSSR count). The lowest BCUT2D eigenvalue weighted by Gasteiger charge is -2.19. The van der Waals surface area contributed by atoms with E-state index < -0.39 is 18.1 Å². The van der Waals surface area contributed by atoms with Crippen LogP contribution in [0, 0.1) is 0 Å². The van der Waals surface area contributed by atoms with E-state index in [0.29, 0.717) is 6.42 Å². The Balaban J connectivity index is 1.44. The van der Waals surface area contributed by atoms with Crippen molar-refractivity contribution in [2.75, 3.05) is 13.2 Å². The first kappa shape index (κ1) is 20.7. The van der Waals surface area contributed by atoms with Crippen LogP contribution in [0.15, 0.2) is 78.9 Å². The Morgan fingerprint density at radius 3 is 2.03 bits per heavy atom. The van der Waals surface area contributed by atoms with Crippen molar-refractivity contribution in [3.05, 3.63) is 95.6 Å². The van der Waals surface area contributed by atoms with Gasteiger partial charge in [0.1, 0.15) is 12.6 Å². The third-order valence-corrected chi connectivity index (χ3v) is 5.49. The maximum Gasteiger partial charge on any atom is 0.407 e. The summed E-state index contributed by atoms with van der Waals surface area (Å²) in [5.41, 5.74) is 5.55. The minimum absolute atomic E-state index is 0.0340. The monoisotopic (exact) mass is 415 g/mol. The van der Waals surface area contributed by atoms with Crippen LogP contribution in [0.4, 0.5) is 4.79 Å². The van der Waals surface area contributed by atoms with Crippen molar-refractivity contribution in [3.63, 3.8) is 0 Å². The lowest BCUT2D eigenvalue weighted by Crippen LogP contribution is -2.44. The molecule has 0 fully saturated rings. The Morgan fingerprint density at radius 2 is 1.42 bits per heavy atom. The largest absolute Gasteiger partial charge is 0.464 e. The van der Waals surface area contributed by atoms with Gasteiger partial charge in [-0.2, -0.15) is 0 Å². The zero-order valence-electron chi connectivity index (χ0n) is 17.4. The van der Waals surface area contributed by atoms with Gasteiger partial charge < -0.3 is 14.8 Å². The minimum atomic E-state index is -0.807. The van der Waals surface area contributed by atoms with Gasteiger partial charge >= 0.3 is 12.1 Å². The number of nitrogens with one attached hydrogen (secondary N) is 1. The van der Waals surface area contributed by atoms with Crippen LogP contribution in [0.1, 0.15) is 29.5 Å². The van der Waals surface area contributed by atoms with Crippen LogP contribution in [0.25, 0.3) is 11.1 Å². The summed E-state index contributed by atoms with van der Waals surface area (Å²) in [7, 11) is 0. The van der Waals surface area contributed by atoms with E-state index in [-0.39, 0.29) is 19.1 Å². The first-order valence-electron chi connectivity index (χ1n) is 10.5. The molecule has 0 saturated heterocycles. The van der Waals surface area contributed by atoms with Gasteiger partial charge in [-0.25, -0.2) is 9.59 Å². The topological polar surface area (TPSA) is 64.6 Å². The molecule has 3 aromatic rings. The van der Waals surface area contributed by atoms with E-state index in [1.54, 1.807) is 6.92 Å². The highest BCUT2D eigenvalue weighted by atomic mass is 16.6. The highest BCUT2D eigenvalue weighted by molar-refractivity contribution is 5.82. The number of hydrogen-bond donors (Lipinski definition) is 1. The number of carbonyl (C=O) groups is 2. The third-order valence-electron chi connectivity index (χ3n) is 5.49. The van der Waals surface area contributed by atoms with Crippen molar-refractivity contribution in [1.82, 2.24) is 5.32 Å². The first-order valence-corrected chi connectivity index (χ1v) is 10.5. The van der Waals surface area contributed by atoms with Crippen molar-refractivity contribution in [3.8, 4) is 11.1 Å². The summed E-state index contributed by atoms with van der Waals surface area (Å²) in [4.78, 5) is 25.0. The second-order valence-corrected chi connectivity index (χ2v) is 7.46. The number of esters is 1. The molecule has 1 aliphatic rings. The quantitative estimate of drug-likeness (QED) is 0.568. The van der Waals surface area contributed by atoms with Gasteiger partial charge in [-0.1, -0.05) is 78.9 Å². The average Bonchev–Trinajstić information content (AvgIpc) is 3.12. The molecular formula is C26H25NO4. The fraction of sp³-hybridized carbons (Fsp3) is 0.231. The van der Waals surface area contributed by atoms with Gasteiger partial charge in [0.05, 0.1) is 6.61 Å². The second kappa shape index (κ2) is 9.47. The number of ether oxygens (including phenoxy) is 2. The van der Waals surface area contributed by atoms with E-state index in [9.17, 15) is 9.59 Å². The van der Waals surface area contributed by atoms with E-state index >= 15 is 0 Å². The third kappa shape index (κ3) is 4.61. The molecule has 0 heterocycles. The van der Waals surface area contributed by atoms with Gasteiger partial charge in [0.25, 0.3) is 0 Å². The fourth-order valence-corrected chi connectivity index (χ4v) is 4.07. The van der Waals surface area contributed by atoms with Crippen LogP contribution in [0.3, 0.4) is 0 Å². The molecular weight excluding hydrogens is 390 g/mol. The standard InChI is InChI=1S/C26H25NO4/c1-2-30-25(28)24(16-18-10-4-3-5-11-18)27-26(29)31-17-23-21-14-8-6-12-19(21)20-13-7-9-15-22(20)23/h3-15,23-24H,2,16-17H2,1H3,(H,27,29). The number of fused-ring (bicyclic) bond motifs is 3. The SMILES string of the molecule is CCOC(=O)C(Cc1ccccc1)NC(=O)OCC1c2ccccc2-c2ccccc21. The van der Waals surface area contributed by atoms with Gasteiger partial charge in [0.15, 0.2) is 0 Å². The van der Waals surface area contributed by atoms with Crippen molar-refractivity contribution in [2.24, 2.45) is 0 Å². The van der Waals surface area contributed by atoms with Gasteiger partial charge in [-0.3, -0.25) is 0 Å². The summed E-state index contributed by atoms with van der Waals surface area (Å²) < 4.78 is 10.7. The van der Waals surface area contributed by atoms with Crippen LogP contribution >= 0.6 is 0 Å². The molecule has 1 N–H and O–H groups in total. The normalized spacial score (nSPS) is 13.1. The highest BCUT2D eigenvalue weighted by Crippen LogP contribution is 2.44. The zero-order valence-corrected chi connectivity index (χ0v) is 17.4. The molecule has 1 aliphatic carbocycles. The van der Waals surface area contributed by atoms with E-state index in [1.807, 2.05) is 54.6 Å². The molecule has 3 aromatic carbocycles. The summed E-state index contributed by atoms with van der Waals surface area (Å²) in [6, 6.07) is 25.0. The average molecular weight is 415 g/mol. The highest BCUT2D eigenvalue weighted by Gasteiger charge is 2.30. The van der Waals surface area contributed by atoms with Crippen molar-refractivity contribution in [2.45, 2.75) is 25.3 Å². The number of alkyl carbamates (subject to hydrolysis) is 1. The Hall–Kier alpha value is -3.60. The Bertz CT molecular complexity index is 1020. The molecule has 5 heteroatoms. The molecule has 0 bridgehead atoms. The second-order valence-electron chi connectivity index (χ2n) is 7.46. The maximum absolute atomic E-state index is 12.6. The van der Waals surface area contributed by atoms with E-state index in [2.05, 4.69) is 29.6 Å². The molecule has 1 atom stereocenters. The summed E-state index contributed by atoms with van der Waals surface area (Å²) in [5, 5.41) is 2.69.